The van der Waals surface area contributed by atoms with E-state index in [9.17, 15) is 9.59 Å². The fourth-order valence-corrected chi connectivity index (χ4v) is 18.1. The fraction of sp³-hybridized carbons (Fsp3) is 0.474. The van der Waals surface area contributed by atoms with E-state index in [-0.39, 0.29) is 45.1 Å². The molecule has 0 aliphatic rings. The molecule has 3 rings (SSSR count). The van der Waals surface area contributed by atoms with Crippen molar-refractivity contribution < 1.29 is 18.4 Å². The molecule has 0 radical (unpaired) electrons. The second-order valence-electron chi connectivity index (χ2n) is 14.3. The number of rotatable bonds is 14. The van der Waals surface area contributed by atoms with E-state index in [1.165, 1.54) is 0 Å². The molecular weight excluding hydrogens is 605 g/mol. The van der Waals surface area contributed by atoms with Crippen molar-refractivity contribution >= 4 is 39.8 Å². The summed E-state index contributed by atoms with van der Waals surface area (Å²) in [4.78, 5) is 28.4. The molecule has 0 aliphatic carbocycles. The van der Waals surface area contributed by atoms with Crippen LogP contribution in [-0.4, -0.2) is 28.4 Å². The zero-order valence-corrected chi connectivity index (χ0v) is 32.0. The van der Waals surface area contributed by atoms with E-state index in [1.807, 2.05) is 60.7 Å². The smallest absolute Gasteiger partial charge is 0.259 e. The number of nitrogens with one attached hydrogen (secondary N) is 2. The minimum atomic E-state index is -2.53. The van der Waals surface area contributed by atoms with Gasteiger partial charge in [0.2, 0.25) is 0 Å². The predicted molar refractivity (Wildman–Crippen MR) is 199 cm³/mol. The van der Waals surface area contributed by atoms with Crippen molar-refractivity contribution in [1.29, 1.82) is 0 Å². The molecule has 0 saturated carbocycles. The Balaban J connectivity index is 2.37. The molecule has 0 heterocycles. The quantitative estimate of drug-likeness (QED) is 0.169. The van der Waals surface area contributed by atoms with E-state index in [0.717, 1.165) is 0 Å². The van der Waals surface area contributed by atoms with Crippen molar-refractivity contribution in [2.75, 3.05) is 10.6 Å². The van der Waals surface area contributed by atoms with Gasteiger partial charge in [-0.2, -0.15) is 0 Å². The number of amides is 2. The van der Waals surface area contributed by atoms with Crippen LogP contribution in [0.25, 0.3) is 0 Å². The third-order valence-corrected chi connectivity index (χ3v) is 21.6. The zero-order valence-electron chi connectivity index (χ0n) is 30.0. The van der Waals surface area contributed by atoms with Crippen molar-refractivity contribution in [2.24, 2.45) is 0 Å². The molecule has 2 amide bonds. The van der Waals surface area contributed by atoms with Crippen molar-refractivity contribution in [3.63, 3.8) is 0 Å². The Morgan fingerprint density at radius 3 is 0.978 bits per heavy atom. The van der Waals surface area contributed by atoms with Gasteiger partial charge in [0.25, 0.3) is 28.4 Å². The molecule has 0 aliphatic heterocycles. The van der Waals surface area contributed by atoms with Gasteiger partial charge in [-0.3, -0.25) is 9.59 Å². The molecule has 8 heteroatoms. The summed E-state index contributed by atoms with van der Waals surface area (Å²) < 4.78 is 14.4. The van der Waals surface area contributed by atoms with E-state index < -0.39 is 16.6 Å². The number of para-hydroxylation sites is 2. The molecule has 0 aromatic heterocycles. The topological polar surface area (TPSA) is 76.7 Å². The Bertz CT molecular complexity index is 1300. The predicted octanol–water partition coefficient (Wildman–Crippen LogP) is 11.3. The van der Waals surface area contributed by atoms with Gasteiger partial charge in [0, 0.05) is 11.4 Å². The molecule has 6 nitrogen and oxygen atoms in total. The summed E-state index contributed by atoms with van der Waals surface area (Å²) in [6.07, 6.45) is 0. The first-order valence-electron chi connectivity index (χ1n) is 16.9. The maximum absolute atomic E-state index is 14.2. The normalized spacial score (nSPS) is 12.4. The number of benzene rings is 3. The number of hydrogen-bond donors (Lipinski definition) is 2. The average molecular weight is 661 g/mol. The molecule has 3 aromatic carbocycles. The summed E-state index contributed by atoms with van der Waals surface area (Å²) in [6.45, 7) is 26.6. The lowest BCUT2D eigenvalue weighted by Gasteiger charge is -2.43. The largest absolute Gasteiger partial charge is 0.542 e. The summed E-state index contributed by atoms with van der Waals surface area (Å²) in [5.41, 5.74) is 3.67. The molecule has 250 valence electrons. The SMILES string of the molecule is CC(C)[Si](Oc1cc(C(=O)Nc2ccccc2)c(O[Si](C(C)C)(C(C)C)C(C)C)cc1C(=O)Nc1ccccc1)(C(C)C)C(C)C. The van der Waals surface area contributed by atoms with Gasteiger partial charge in [-0.1, -0.05) is 119 Å². The summed E-state index contributed by atoms with van der Waals surface area (Å²) in [5.74, 6) is 0.248. The van der Waals surface area contributed by atoms with Crippen molar-refractivity contribution in [3.05, 3.63) is 83.9 Å². The fourth-order valence-electron chi connectivity index (χ4n) is 7.61. The van der Waals surface area contributed by atoms with Crippen molar-refractivity contribution in [2.45, 2.75) is 116 Å². The van der Waals surface area contributed by atoms with Crippen LogP contribution in [0.5, 0.6) is 11.5 Å². The molecule has 3 aromatic rings. The Kier molecular flexibility index (Phi) is 12.5. The first-order chi connectivity index (χ1) is 21.6. The Labute approximate surface area is 280 Å². The lowest BCUT2D eigenvalue weighted by atomic mass is 10.1. The van der Waals surface area contributed by atoms with E-state index in [4.69, 9.17) is 8.85 Å². The second-order valence-corrected chi connectivity index (χ2v) is 25.1. The van der Waals surface area contributed by atoms with E-state index >= 15 is 0 Å². The molecule has 0 spiro atoms. The van der Waals surface area contributed by atoms with Gasteiger partial charge in [-0.05, 0) is 69.6 Å². The molecule has 0 fully saturated rings. The second kappa shape index (κ2) is 15.5. The van der Waals surface area contributed by atoms with Crippen molar-refractivity contribution in [3.8, 4) is 11.5 Å². The third kappa shape index (κ3) is 7.77. The highest BCUT2D eigenvalue weighted by Crippen LogP contribution is 2.47. The summed E-state index contributed by atoms with van der Waals surface area (Å²) in [7, 11) is -5.06. The first-order valence-corrected chi connectivity index (χ1v) is 21.1. The summed E-state index contributed by atoms with van der Waals surface area (Å²) in [6, 6.07) is 22.4. The highest BCUT2D eigenvalue weighted by molar-refractivity contribution is 6.79. The maximum Gasteiger partial charge on any atom is 0.259 e. The first kappa shape index (κ1) is 37.1. The van der Waals surface area contributed by atoms with Crippen LogP contribution in [0.15, 0.2) is 72.8 Å². The molecular formula is C38H56N2O4Si2. The van der Waals surface area contributed by atoms with Gasteiger partial charge in [-0.15, -0.1) is 0 Å². The van der Waals surface area contributed by atoms with Gasteiger partial charge in [0.1, 0.15) is 11.5 Å². The molecule has 0 saturated heterocycles. The molecule has 0 atom stereocenters. The Hall–Kier alpha value is -3.37. The van der Waals surface area contributed by atoms with Crippen LogP contribution in [0.4, 0.5) is 11.4 Å². The average Bonchev–Trinajstić information content (AvgIpc) is 2.98. The number of hydrogen-bond acceptors (Lipinski definition) is 4. The summed E-state index contributed by atoms with van der Waals surface area (Å²) in [5, 5.41) is 6.14. The molecule has 2 N–H and O–H groups in total. The van der Waals surface area contributed by atoms with Crippen LogP contribution in [0.1, 0.15) is 104 Å². The van der Waals surface area contributed by atoms with Crippen LogP contribution < -0.4 is 19.5 Å². The van der Waals surface area contributed by atoms with Gasteiger partial charge < -0.3 is 19.5 Å². The minimum absolute atomic E-state index is 0.262. The van der Waals surface area contributed by atoms with Gasteiger partial charge in [0.05, 0.1) is 11.1 Å². The lowest BCUT2D eigenvalue weighted by molar-refractivity contribution is 0.101. The van der Waals surface area contributed by atoms with Crippen LogP contribution >= 0.6 is 0 Å². The van der Waals surface area contributed by atoms with Gasteiger partial charge >= 0.3 is 0 Å². The minimum Gasteiger partial charge on any atom is -0.542 e. The van der Waals surface area contributed by atoms with Crippen LogP contribution in [0.3, 0.4) is 0 Å². The monoisotopic (exact) mass is 660 g/mol. The number of carbonyl (C=O) groups is 2. The van der Waals surface area contributed by atoms with E-state index in [1.54, 1.807) is 12.1 Å². The molecule has 0 unspecified atom stereocenters. The highest BCUT2D eigenvalue weighted by atomic mass is 28.4. The zero-order chi connectivity index (χ0) is 34.4. The molecule has 46 heavy (non-hydrogen) atoms. The van der Waals surface area contributed by atoms with E-state index in [2.05, 4.69) is 93.7 Å². The third-order valence-electron chi connectivity index (χ3n) is 9.62. The standard InChI is InChI=1S/C38H56N2O4Si2/c1-25(2)45(26(3)4,27(5)6)43-35-23-34(38(42)40-32-21-17-14-18-22-32)36(44-46(28(7)8,29(9)10)30(11)12)24-33(35)37(41)39-31-19-15-13-16-20-31/h13-30H,1-12H3,(H,39,41)(H,40,42). The van der Waals surface area contributed by atoms with Gasteiger partial charge in [0.15, 0.2) is 0 Å². The van der Waals surface area contributed by atoms with E-state index in [0.29, 0.717) is 34.0 Å². The van der Waals surface area contributed by atoms with Gasteiger partial charge in [-0.25, -0.2) is 0 Å². The van der Waals surface area contributed by atoms with Crippen molar-refractivity contribution in [1.82, 2.24) is 0 Å². The van der Waals surface area contributed by atoms with Crippen LogP contribution in [-0.2, 0) is 0 Å². The number of carbonyl (C=O) groups excluding carboxylic acids is 2. The number of anilines is 2. The maximum atomic E-state index is 14.2. The summed E-state index contributed by atoms with van der Waals surface area (Å²) >= 11 is 0. The van der Waals surface area contributed by atoms with Crippen LogP contribution in [0.2, 0.25) is 33.2 Å². The highest BCUT2D eigenvalue weighted by Gasteiger charge is 2.49. The Morgan fingerprint density at radius 1 is 0.478 bits per heavy atom. The lowest BCUT2D eigenvalue weighted by Crippen LogP contribution is -2.51. The molecule has 0 bridgehead atoms. The van der Waals surface area contributed by atoms with Crippen LogP contribution in [0, 0.1) is 0 Å². The Morgan fingerprint density at radius 2 is 0.739 bits per heavy atom.